The molecule has 5 atom stereocenters. The van der Waals surface area contributed by atoms with Crippen molar-refractivity contribution in [3.8, 4) is 0 Å². The van der Waals surface area contributed by atoms with Crippen LogP contribution in [0.15, 0.2) is 111 Å². The second-order valence-electron chi connectivity index (χ2n) is 13.4. The first-order valence-corrected chi connectivity index (χ1v) is 19.7. The lowest BCUT2D eigenvalue weighted by molar-refractivity contribution is 0.116. The smallest absolute Gasteiger partial charge is 0.206 e. The second-order valence-corrected chi connectivity index (χ2v) is 19.0. The van der Waals surface area contributed by atoms with Crippen LogP contribution in [-0.4, -0.2) is 30.8 Å². The molecule has 9 heteroatoms. The number of rotatable bonds is 4. The zero-order valence-electron chi connectivity index (χ0n) is 25.1. The number of benzene rings is 4. The van der Waals surface area contributed by atoms with Crippen LogP contribution in [0.5, 0.6) is 0 Å². The summed E-state index contributed by atoms with van der Waals surface area (Å²) in [6.45, 7) is 3.85. The van der Waals surface area contributed by atoms with Crippen molar-refractivity contribution in [1.29, 1.82) is 0 Å². The molecule has 2 spiro atoms. The van der Waals surface area contributed by atoms with E-state index in [4.69, 9.17) is 3.77 Å². The minimum Gasteiger partial charge on any atom is -0.206 e. The molecule has 1 heterocycles. The van der Waals surface area contributed by atoms with Crippen molar-refractivity contribution in [3.63, 3.8) is 0 Å². The molecule has 5 aliphatic rings. The molecular weight excluding hydrogens is 621 g/mol. The second kappa shape index (κ2) is 9.25. The molecule has 4 aliphatic carbocycles. The Balaban J connectivity index is 1.37. The van der Waals surface area contributed by atoms with Crippen LogP contribution in [0.4, 0.5) is 0 Å². The Hall–Kier alpha value is -3.11. The first kappa shape index (κ1) is 28.1. The van der Waals surface area contributed by atoms with Crippen LogP contribution < -0.4 is 0 Å². The molecular formula is C36H34N2O4S3. The highest BCUT2D eigenvalue weighted by Gasteiger charge is 2.87. The normalized spacial score (nSPS) is 32.7. The van der Waals surface area contributed by atoms with Crippen LogP contribution in [-0.2, 0) is 30.9 Å². The lowest BCUT2D eigenvalue weighted by atomic mass is 9.67. The topological polar surface area (TPSA) is 83.9 Å². The zero-order chi connectivity index (χ0) is 30.9. The van der Waals surface area contributed by atoms with Gasteiger partial charge < -0.3 is 0 Å². The average Bonchev–Trinajstić information content (AvgIpc) is 3.78. The lowest BCUT2D eigenvalue weighted by Gasteiger charge is -2.68. The summed E-state index contributed by atoms with van der Waals surface area (Å²) in [7, 11) is -9.81. The Bertz CT molecular complexity index is 2100. The number of hydrogen-bond donors (Lipinski definition) is 0. The summed E-state index contributed by atoms with van der Waals surface area (Å²) in [4.78, 5) is 0.297. The van der Waals surface area contributed by atoms with E-state index in [-0.39, 0.29) is 33.5 Å². The van der Waals surface area contributed by atoms with Gasteiger partial charge in [0.2, 0.25) is 0 Å². The highest BCUT2D eigenvalue weighted by molar-refractivity contribution is 8.08. The zero-order valence-corrected chi connectivity index (χ0v) is 27.6. The molecule has 230 valence electrons. The van der Waals surface area contributed by atoms with Gasteiger partial charge in [0.15, 0.2) is 0 Å². The molecule has 6 nitrogen and oxygen atoms in total. The van der Waals surface area contributed by atoms with Gasteiger partial charge in [0.05, 0.1) is 20.1 Å². The first-order chi connectivity index (χ1) is 21.6. The predicted octanol–water partition coefficient (Wildman–Crippen LogP) is 7.24. The van der Waals surface area contributed by atoms with Gasteiger partial charge in [-0.2, -0.15) is 8.42 Å². The van der Waals surface area contributed by atoms with E-state index in [1.165, 1.54) is 22.3 Å². The highest BCUT2D eigenvalue weighted by Crippen LogP contribution is 2.82. The van der Waals surface area contributed by atoms with Gasteiger partial charge in [0.1, 0.15) is 0 Å². The van der Waals surface area contributed by atoms with E-state index in [1.807, 2.05) is 26.0 Å². The van der Waals surface area contributed by atoms with Crippen LogP contribution in [0.2, 0.25) is 0 Å². The number of sulfonamides is 2. The van der Waals surface area contributed by atoms with E-state index in [2.05, 4.69) is 48.5 Å². The van der Waals surface area contributed by atoms with Gasteiger partial charge in [-0.3, -0.25) is 0 Å². The molecule has 4 aromatic rings. The van der Waals surface area contributed by atoms with Gasteiger partial charge in [0, 0.05) is 34.5 Å². The summed E-state index contributed by atoms with van der Waals surface area (Å²) in [5.74, 6) is -0.00325. The fourth-order valence-corrected chi connectivity index (χ4v) is 18.0. The van der Waals surface area contributed by atoms with E-state index in [0.29, 0.717) is 0 Å². The van der Waals surface area contributed by atoms with Gasteiger partial charge in [-0.15, -0.1) is 7.48 Å². The van der Waals surface area contributed by atoms with E-state index in [9.17, 15) is 8.42 Å². The van der Waals surface area contributed by atoms with Crippen LogP contribution >= 0.6 is 0 Å². The summed E-state index contributed by atoms with van der Waals surface area (Å²) in [6, 6.07) is 30.7. The van der Waals surface area contributed by atoms with E-state index in [1.54, 1.807) is 40.1 Å². The molecule has 0 amide bonds. The minimum atomic E-state index is -4.19. The highest BCUT2D eigenvalue weighted by atomic mass is 32.3. The molecule has 5 unspecified atom stereocenters. The Morgan fingerprint density at radius 1 is 0.600 bits per heavy atom. The van der Waals surface area contributed by atoms with Crippen LogP contribution in [0.3, 0.4) is 0 Å². The minimum absolute atomic E-state index is 0.0286. The molecule has 0 aromatic heterocycles. The van der Waals surface area contributed by atoms with Crippen molar-refractivity contribution >= 4 is 30.9 Å². The van der Waals surface area contributed by atoms with E-state index in [0.717, 1.165) is 36.8 Å². The predicted molar refractivity (Wildman–Crippen MR) is 176 cm³/mol. The molecule has 3 fully saturated rings. The molecule has 9 rings (SSSR count). The van der Waals surface area contributed by atoms with Crippen molar-refractivity contribution < 1.29 is 16.8 Å². The van der Waals surface area contributed by atoms with Crippen LogP contribution in [0.25, 0.3) is 0 Å². The van der Waals surface area contributed by atoms with E-state index >= 15 is 8.42 Å². The fraction of sp³-hybridized carbons (Fsp3) is 0.333. The average molecular weight is 655 g/mol. The summed E-state index contributed by atoms with van der Waals surface area (Å²) in [5, 5.41) is 0. The molecule has 2 saturated carbocycles. The monoisotopic (exact) mass is 654 g/mol. The Kier molecular flexibility index (Phi) is 5.78. The van der Waals surface area contributed by atoms with Gasteiger partial charge >= 0.3 is 0 Å². The van der Waals surface area contributed by atoms with Crippen molar-refractivity contribution in [2.24, 2.45) is 3.77 Å². The third kappa shape index (κ3) is 3.30. The maximum atomic E-state index is 15.2. The quantitative estimate of drug-likeness (QED) is 0.232. The third-order valence-corrected chi connectivity index (χ3v) is 18.4. The Morgan fingerprint density at radius 3 is 1.47 bits per heavy atom. The van der Waals surface area contributed by atoms with E-state index < -0.39 is 41.2 Å². The molecule has 4 aromatic carbocycles. The third-order valence-electron chi connectivity index (χ3n) is 11.5. The lowest BCUT2D eigenvalue weighted by Crippen LogP contribution is -2.82. The molecule has 45 heavy (non-hydrogen) atoms. The molecule has 1 aliphatic heterocycles. The van der Waals surface area contributed by atoms with Crippen molar-refractivity contribution in [3.05, 3.63) is 130 Å². The fourth-order valence-electron chi connectivity index (χ4n) is 10.0. The number of hydrogen-bond acceptors (Lipinski definition) is 4. The maximum Gasteiger partial charge on any atom is 0.289 e. The van der Waals surface area contributed by atoms with Gasteiger partial charge in [-0.25, -0.2) is 8.42 Å². The molecule has 1 saturated heterocycles. The standard InChI is InChI=1S/C36H34N2O4S3/c1-23-11-15-25(16-12-23)44(39,40)37-43-36(33-21-22-34(36)30-10-6-5-9-29(30)33)35(31-19-20-32(35)28-8-4-3-7-27(28)31)38(43)45(41,42)26-17-13-24(2)14-18-26/h3-18,31-34H,19-22H2,1-2H3. The van der Waals surface area contributed by atoms with Crippen LogP contribution in [0, 0.1) is 13.8 Å². The van der Waals surface area contributed by atoms with Crippen molar-refractivity contribution in [1.82, 2.24) is 3.71 Å². The molecule has 4 bridgehead atoms. The Labute approximate surface area is 267 Å². The Morgan fingerprint density at radius 2 is 1.00 bits per heavy atom. The SMILES string of the molecule is Cc1ccc(S(=O)(=O)/N=S2/N(S(=O)(=O)c3ccc(C)cc3)C3(C4CCC3c3ccccc34)C23C2CCC3c3ccccc32)cc1. The first-order valence-electron chi connectivity index (χ1n) is 15.7. The summed E-state index contributed by atoms with van der Waals surface area (Å²) in [6.07, 6.45) is 3.56. The van der Waals surface area contributed by atoms with Crippen LogP contribution in [0.1, 0.15) is 82.7 Å². The molecule has 0 N–H and O–H groups in total. The number of fused-ring (bicyclic) bond motifs is 6. The van der Waals surface area contributed by atoms with Gasteiger partial charge in [-0.05, 0) is 86.1 Å². The maximum absolute atomic E-state index is 15.2. The summed E-state index contributed by atoms with van der Waals surface area (Å²) in [5.41, 5.74) is 6.04. The number of aryl methyl sites for hydroxylation is 2. The number of nitrogens with zero attached hydrogens (tertiary/aromatic N) is 2. The van der Waals surface area contributed by atoms with Gasteiger partial charge in [0.25, 0.3) is 20.0 Å². The summed E-state index contributed by atoms with van der Waals surface area (Å²) < 4.78 is 64.6. The summed E-state index contributed by atoms with van der Waals surface area (Å²) >= 11 is 0. The van der Waals surface area contributed by atoms with Gasteiger partial charge in [-0.1, -0.05) is 83.9 Å². The van der Waals surface area contributed by atoms with Crippen molar-refractivity contribution in [2.45, 2.75) is 83.3 Å². The molecule has 0 radical (unpaired) electrons. The van der Waals surface area contributed by atoms with Crippen molar-refractivity contribution in [2.75, 3.05) is 0 Å². The largest absolute Gasteiger partial charge is 0.289 e.